The molecule has 1 aliphatic heterocycles. The Labute approximate surface area is 104 Å². The van der Waals surface area contributed by atoms with Gasteiger partial charge in [-0.15, -0.1) is 0 Å². The van der Waals surface area contributed by atoms with Crippen LogP contribution in [0.25, 0.3) is 0 Å². The average Bonchev–Trinajstić information content (AvgIpc) is 2.82. The molecule has 0 bridgehead atoms. The summed E-state index contributed by atoms with van der Waals surface area (Å²) in [6.07, 6.45) is 5.37. The molecule has 92 valence electrons. The van der Waals surface area contributed by atoms with E-state index in [9.17, 15) is 0 Å². The molecule has 1 saturated heterocycles. The summed E-state index contributed by atoms with van der Waals surface area (Å²) in [7, 11) is 0. The Morgan fingerprint density at radius 1 is 1.24 bits per heavy atom. The first-order valence-corrected chi connectivity index (χ1v) is 6.89. The zero-order valence-corrected chi connectivity index (χ0v) is 10.4. The van der Waals surface area contributed by atoms with Crippen molar-refractivity contribution in [3.05, 3.63) is 35.9 Å². The maximum atomic E-state index is 3.76. The molecule has 2 nitrogen and oxygen atoms in total. The van der Waals surface area contributed by atoms with Crippen LogP contribution in [0.5, 0.6) is 0 Å². The highest BCUT2D eigenvalue weighted by Gasteiger charge is 2.38. The number of rotatable bonds is 4. The van der Waals surface area contributed by atoms with Crippen LogP contribution in [0.15, 0.2) is 30.3 Å². The fourth-order valence-corrected chi connectivity index (χ4v) is 3.13. The van der Waals surface area contributed by atoms with E-state index >= 15 is 0 Å². The van der Waals surface area contributed by atoms with Crippen LogP contribution in [0.1, 0.15) is 31.2 Å². The lowest BCUT2D eigenvalue weighted by atomic mass is 9.64. The monoisotopic (exact) mass is 230 g/mol. The van der Waals surface area contributed by atoms with E-state index in [4.69, 9.17) is 0 Å². The third-order valence-corrected chi connectivity index (χ3v) is 4.49. The van der Waals surface area contributed by atoms with E-state index in [-0.39, 0.29) is 0 Å². The van der Waals surface area contributed by atoms with Crippen molar-refractivity contribution in [2.45, 2.75) is 37.1 Å². The number of hydrogen-bond acceptors (Lipinski definition) is 2. The molecule has 1 atom stereocenters. The molecule has 3 rings (SSSR count). The molecule has 2 heteroatoms. The molecule has 0 aromatic heterocycles. The van der Waals surface area contributed by atoms with E-state index in [1.54, 1.807) is 0 Å². The summed E-state index contributed by atoms with van der Waals surface area (Å²) in [6.45, 7) is 3.48. The largest absolute Gasteiger partial charge is 0.315 e. The molecule has 0 amide bonds. The Balaban J connectivity index is 1.65. The van der Waals surface area contributed by atoms with Gasteiger partial charge in [0, 0.05) is 24.5 Å². The van der Waals surface area contributed by atoms with Gasteiger partial charge < -0.3 is 10.6 Å². The van der Waals surface area contributed by atoms with Gasteiger partial charge in [0.25, 0.3) is 0 Å². The molecule has 1 aromatic rings. The predicted molar refractivity (Wildman–Crippen MR) is 71.2 cm³/mol. The standard InChI is InChI=1S/C15H22N2/c1-2-5-13(6-3-1)15(8-4-9-15)12-17-14-7-10-16-11-14/h1-3,5-6,14,16-17H,4,7-12H2. The van der Waals surface area contributed by atoms with Crippen molar-refractivity contribution in [1.29, 1.82) is 0 Å². The Morgan fingerprint density at radius 2 is 2.06 bits per heavy atom. The van der Waals surface area contributed by atoms with E-state index in [0.717, 1.165) is 13.1 Å². The number of hydrogen-bond donors (Lipinski definition) is 2. The maximum absolute atomic E-state index is 3.76. The van der Waals surface area contributed by atoms with Gasteiger partial charge in [-0.05, 0) is 31.4 Å². The van der Waals surface area contributed by atoms with Crippen molar-refractivity contribution >= 4 is 0 Å². The van der Waals surface area contributed by atoms with Gasteiger partial charge in [0.1, 0.15) is 0 Å². The second-order valence-corrected chi connectivity index (χ2v) is 5.57. The van der Waals surface area contributed by atoms with E-state index in [1.807, 2.05) is 0 Å². The van der Waals surface area contributed by atoms with Crippen molar-refractivity contribution in [3.63, 3.8) is 0 Å². The quantitative estimate of drug-likeness (QED) is 0.827. The average molecular weight is 230 g/mol. The van der Waals surface area contributed by atoms with Crippen LogP contribution in [0.4, 0.5) is 0 Å². The Hall–Kier alpha value is -0.860. The molecule has 0 spiro atoms. The molecule has 1 aromatic carbocycles. The molecule has 0 radical (unpaired) electrons. The van der Waals surface area contributed by atoms with Crippen LogP contribution in [0.3, 0.4) is 0 Å². The molecule has 2 fully saturated rings. The van der Waals surface area contributed by atoms with Gasteiger partial charge >= 0.3 is 0 Å². The topological polar surface area (TPSA) is 24.1 Å². The van der Waals surface area contributed by atoms with Crippen LogP contribution in [0, 0.1) is 0 Å². The highest BCUT2D eigenvalue weighted by Crippen LogP contribution is 2.43. The molecule has 17 heavy (non-hydrogen) atoms. The fourth-order valence-electron chi connectivity index (χ4n) is 3.13. The van der Waals surface area contributed by atoms with Crippen molar-refractivity contribution < 1.29 is 0 Å². The van der Waals surface area contributed by atoms with Crippen LogP contribution in [-0.4, -0.2) is 25.7 Å². The molecule has 2 aliphatic rings. The second-order valence-electron chi connectivity index (χ2n) is 5.57. The molecule has 1 aliphatic carbocycles. The van der Waals surface area contributed by atoms with E-state index in [0.29, 0.717) is 11.5 Å². The summed E-state index contributed by atoms with van der Waals surface area (Å²) in [4.78, 5) is 0. The highest BCUT2D eigenvalue weighted by molar-refractivity contribution is 5.28. The normalized spacial score (nSPS) is 26.7. The maximum Gasteiger partial charge on any atom is 0.0204 e. The van der Waals surface area contributed by atoms with Gasteiger partial charge in [-0.3, -0.25) is 0 Å². The summed E-state index contributed by atoms with van der Waals surface area (Å²) in [5, 5.41) is 7.18. The molecule has 1 saturated carbocycles. The minimum Gasteiger partial charge on any atom is -0.315 e. The summed E-state index contributed by atoms with van der Waals surface area (Å²) < 4.78 is 0. The fraction of sp³-hybridized carbons (Fsp3) is 0.600. The lowest BCUT2D eigenvalue weighted by molar-refractivity contribution is 0.226. The third-order valence-electron chi connectivity index (χ3n) is 4.49. The van der Waals surface area contributed by atoms with Gasteiger partial charge in [0.15, 0.2) is 0 Å². The third kappa shape index (κ3) is 2.24. The minimum absolute atomic E-state index is 0.434. The lowest BCUT2D eigenvalue weighted by Crippen LogP contribution is -2.47. The van der Waals surface area contributed by atoms with Gasteiger partial charge in [-0.1, -0.05) is 36.8 Å². The lowest BCUT2D eigenvalue weighted by Gasteiger charge is -2.43. The Bertz CT molecular complexity index is 350. The summed E-state index contributed by atoms with van der Waals surface area (Å²) >= 11 is 0. The van der Waals surface area contributed by atoms with E-state index in [2.05, 4.69) is 41.0 Å². The first-order valence-electron chi connectivity index (χ1n) is 6.89. The van der Waals surface area contributed by atoms with Gasteiger partial charge in [-0.2, -0.15) is 0 Å². The van der Waals surface area contributed by atoms with E-state index in [1.165, 1.54) is 37.8 Å². The van der Waals surface area contributed by atoms with Crippen molar-refractivity contribution in [2.75, 3.05) is 19.6 Å². The number of benzene rings is 1. The molecular formula is C15H22N2. The van der Waals surface area contributed by atoms with E-state index < -0.39 is 0 Å². The summed E-state index contributed by atoms with van der Waals surface area (Å²) in [5.74, 6) is 0. The minimum atomic E-state index is 0.434. The van der Waals surface area contributed by atoms with Crippen molar-refractivity contribution in [3.8, 4) is 0 Å². The van der Waals surface area contributed by atoms with Crippen LogP contribution >= 0.6 is 0 Å². The Kier molecular flexibility index (Phi) is 3.17. The molecular weight excluding hydrogens is 208 g/mol. The summed E-state index contributed by atoms with van der Waals surface area (Å²) in [6, 6.07) is 11.8. The Morgan fingerprint density at radius 3 is 2.65 bits per heavy atom. The SMILES string of the molecule is c1ccc(C2(CNC3CCNC3)CCC2)cc1. The van der Waals surface area contributed by atoms with Gasteiger partial charge in [0.2, 0.25) is 0 Å². The number of nitrogens with one attached hydrogen (secondary N) is 2. The first-order chi connectivity index (χ1) is 8.39. The highest BCUT2D eigenvalue weighted by atomic mass is 15.0. The molecule has 1 unspecified atom stereocenters. The van der Waals surface area contributed by atoms with Crippen molar-refractivity contribution in [1.82, 2.24) is 10.6 Å². The second kappa shape index (κ2) is 4.79. The molecule has 1 heterocycles. The zero-order chi connectivity index (χ0) is 11.6. The first kappa shape index (κ1) is 11.2. The zero-order valence-electron chi connectivity index (χ0n) is 10.4. The van der Waals surface area contributed by atoms with Crippen LogP contribution < -0.4 is 10.6 Å². The van der Waals surface area contributed by atoms with Gasteiger partial charge in [0.05, 0.1) is 0 Å². The van der Waals surface area contributed by atoms with Crippen LogP contribution in [-0.2, 0) is 5.41 Å². The van der Waals surface area contributed by atoms with Crippen LogP contribution in [0.2, 0.25) is 0 Å². The van der Waals surface area contributed by atoms with Gasteiger partial charge in [-0.25, -0.2) is 0 Å². The molecule has 2 N–H and O–H groups in total. The smallest absolute Gasteiger partial charge is 0.0204 e. The van der Waals surface area contributed by atoms with Crippen molar-refractivity contribution in [2.24, 2.45) is 0 Å². The predicted octanol–water partition coefficient (Wildman–Crippen LogP) is 2.06. The summed E-state index contributed by atoms with van der Waals surface area (Å²) in [5.41, 5.74) is 1.97.